The van der Waals surface area contributed by atoms with Crippen molar-refractivity contribution >= 4 is 41.2 Å². The van der Waals surface area contributed by atoms with Crippen LogP contribution in [-0.4, -0.2) is 37.8 Å². The zero-order valence-electron chi connectivity index (χ0n) is 13.9. The van der Waals surface area contributed by atoms with E-state index in [1.807, 2.05) is 6.07 Å². The number of nitrogens with one attached hydrogen (secondary N) is 1. The van der Waals surface area contributed by atoms with E-state index in [2.05, 4.69) is 10.1 Å². The minimum Gasteiger partial charge on any atom is -0.468 e. The lowest BCUT2D eigenvalue weighted by Gasteiger charge is -2.30. The number of thioether (sulfide) groups is 1. The van der Waals surface area contributed by atoms with Crippen LogP contribution in [0.5, 0.6) is 0 Å². The van der Waals surface area contributed by atoms with E-state index in [4.69, 9.17) is 16.3 Å². The number of esters is 2. The zero-order valence-corrected chi connectivity index (χ0v) is 15.5. The molecule has 0 aliphatic carbocycles. The van der Waals surface area contributed by atoms with Gasteiger partial charge in [-0.25, -0.2) is 0 Å². The monoisotopic (exact) mass is 394 g/mol. The molecule has 0 saturated carbocycles. The van der Waals surface area contributed by atoms with Gasteiger partial charge in [0, 0.05) is 10.9 Å². The first-order valence-corrected chi connectivity index (χ1v) is 8.77. The Morgan fingerprint density at radius 1 is 1.27 bits per heavy atom. The maximum atomic E-state index is 12.5. The molecule has 1 amide bonds. The van der Waals surface area contributed by atoms with Crippen LogP contribution in [0.25, 0.3) is 0 Å². The van der Waals surface area contributed by atoms with Gasteiger partial charge in [-0.1, -0.05) is 35.5 Å². The Balaban J connectivity index is 2.53. The van der Waals surface area contributed by atoms with Crippen LogP contribution in [-0.2, 0) is 23.9 Å². The average molecular weight is 395 g/mol. The summed E-state index contributed by atoms with van der Waals surface area (Å²) >= 11 is 6.86. The number of hydrogen-bond acceptors (Lipinski definition) is 7. The Labute approximate surface area is 159 Å². The fourth-order valence-electron chi connectivity index (χ4n) is 2.54. The average Bonchev–Trinajstić information content (AvgIpc) is 2.65. The topological polar surface area (TPSA) is 105 Å². The van der Waals surface area contributed by atoms with Crippen molar-refractivity contribution < 1.29 is 23.9 Å². The molecule has 1 heterocycles. The third-order valence-electron chi connectivity index (χ3n) is 3.77. The maximum Gasteiger partial charge on any atom is 0.319 e. The number of nitrogens with zero attached hydrogens (tertiary/aromatic N) is 1. The Morgan fingerprint density at radius 2 is 1.92 bits per heavy atom. The third kappa shape index (κ3) is 4.18. The van der Waals surface area contributed by atoms with E-state index < -0.39 is 29.7 Å². The van der Waals surface area contributed by atoms with Crippen LogP contribution >= 0.6 is 23.4 Å². The molecule has 0 saturated heterocycles. The van der Waals surface area contributed by atoms with Gasteiger partial charge in [0.05, 0.1) is 36.6 Å². The number of amides is 1. The van der Waals surface area contributed by atoms with Crippen molar-refractivity contribution in [2.75, 3.05) is 20.0 Å². The molecule has 1 aliphatic rings. The summed E-state index contributed by atoms with van der Waals surface area (Å²) in [6.07, 6.45) is 0. The summed E-state index contributed by atoms with van der Waals surface area (Å²) in [7, 11) is 2.41. The van der Waals surface area contributed by atoms with Gasteiger partial charge in [0.25, 0.3) is 0 Å². The van der Waals surface area contributed by atoms with E-state index in [1.54, 1.807) is 24.3 Å². The second kappa shape index (κ2) is 8.74. The molecule has 0 radical (unpaired) electrons. The summed E-state index contributed by atoms with van der Waals surface area (Å²) in [6.45, 7) is 0. The van der Waals surface area contributed by atoms with Gasteiger partial charge in [-0.15, -0.1) is 0 Å². The quantitative estimate of drug-likeness (QED) is 0.601. The van der Waals surface area contributed by atoms with Crippen LogP contribution in [0.4, 0.5) is 0 Å². The smallest absolute Gasteiger partial charge is 0.319 e. The minimum atomic E-state index is -1.22. The van der Waals surface area contributed by atoms with Crippen LogP contribution in [0.2, 0.25) is 5.02 Å². The molecule has 0 unspecified atom stereocenters. The second-order valence-corrected chi connectivity index (χ2v) is 6.66. The van der Waals surface area contributed by atoms with Crippen molar-refractivity contribution in [3.05, 3.63) is 45.5 Å². The minimum absolute atomic E-state index is 0.0898. The highest BCUT2D eigenvalue weighted by Gasteiger charge is 2.44. The molecule has 1 N–H and O–H groups in total. The number of halogens is 1. The van der Waals surface area contributed by atoms with E-state index in [0.717, 1.165) is 11.8 Å². The van der Waals surface area contributed by atoms with Crippen molar-refractivity contribution in [3.8, 4) is 6.07 Å². The Kier molecular flexibility index (Phi) is 6.66. The number of allylic oxidation sites excluding steroid dienone is 1. The van der Waals surface area contributed by atoms with Gasteiger partial charge in [-0.05, 0) is 17.7 Å². The number of benzene rings is 1. The fraction of sp³-hybridized carbons (Fsp3) is 0.294. The van der Waals surface area contributed by atoms with Gasteiger partial charge in [-0.3, -0.25) is 14.4 Å². The van der Waals surface area contributed by atoms with Gasteiger partial charge in [0.1, 0.15) is 5.92 Å². The largest absolute Gasteiger partial charge is 0.468 e. The van der Waals surface area contributed by atoms with Gasteiger partial charge in [0.2, 0.25) is 5.91 Å². The van der Waals surface area contributed by atoms with Gasteiger partial charge in [-0.2, -0.15) is 5.26 Å². The number of methoxy groups -OCH3 is 2. The first-order valence-electron chi connectivity index (χ1n) is 7.41. The first-order chi connectivity index (χ1) is 12.4. The summed E-state index contributed by atoms with van der Waals surface area (Å²) in [6, 6.07) is 8.53. The van der Waals surface area contributed by atoms with Crippen molar-refractivity contribution in [2.24, 2.45) is 5.92 Å². The van der Waals surface area contributed by atoms with Crippen LogP contribution in [0.3, 0.4) is 0 Å². The number of ether oxygens (including phenoxy) is 2. The van der Waals surface area contributed by atoms with Gasteiger partial charge < -0.3 is 14.8 Å². The molecule has 136 valence electrons. The third-order valence-corrected chi connectivity index (χ3v) is 5.02. The molecule has 0 bridgehead atoms. The van der Waals surface area contributed by atoms with Crippen LogP contribution < -0.4 is 5.32 Å². The van der Waals surface area contributed by atoms with E-state index in [1.165, 1.54) is 14.2 Å². The van der Waals surface area contributed by atoms with E-state index >= 15 is 0 Å². The highest BCUT2D eigenvalue weighted by Crippen LogP contribution is 2.40. The number of rotatable bonds is 5. The molecular weight excluding hydrogens is 380 g/mol. The van der Waals surface area contributed by atoms with Crippen molar-refractivity contribution in [3.63, 3.8) is 0 Å². The van der Waals surface area contributed by atoms with E-state index in [-0.39, 0.29) is 16.4 Å². The van der Waals surface area contributed by atoms with Crippen LogP contribution in [0.15, 0.2) is 34.9 Å². The summed E-state index contributed by atoms with van der Waals surface area (Å²) in [5.74, 6) is -4.03. The molecule has 9 heteroatoms. The highest BCUT2D eigenvalue weighted by molar-refractivity contribution is 8.03. The number of carbonyl (C=O) groups excluding carboxylic acids is 3. The molecule has 2 atom stereocenters. The van der Waals surface area contributed by atoms with Gasteiger partial charge >= 0.3 is 11.9 Å². The lowest BCUT2D eigenvalue weighted by Crippen LogP contribution is -2.44. The molecule has 2 rings (SSSR count). The Morgan fingerprint density at radius 3 is 2.46 bits per heavy atom. The molecule has 26 heavy (non-hydrogen) atoms. The molecule has 0 spiro atoms. The number of hydrogen-bond donors (Lipinski definition) is 1. The van der Waals surface area contributed by atoms with E-state index in [9.17, 15) is 19.6 Å². The van der Waals surface area contributed by atoms with Crippen molar-refractivity contribution in [1.29, 1.82) is 5.26 Å². The molecular formula is C17H15ClN2O5S. The Bertz CT molecular complexity index is 800. The molecule has 1 aromatic carbocycles. The molecule has 0 fully saturated rings. The first kappa shape index (κ1) is 19.8. The van der Waals surface area contributed by atoms with Crippen molar-refractivity contribution in [1.82, 2.24) is 5.32 Å². The molecule has 7 nitrogen and oxygen atoms in total. The van der Waals surface area contributed by atoms with Crippen LogP contribution in [0, 0.1) is 17.2 Å². The predicted molar refractivity (Wildman–Crippen MR) is 95.0 cm³/mol. The Hall–Kier alpha value is -2.50. The standard InChI is InChI=1S/C17H15ClN2O5S/c1-24-12(21)8-26-16-11(7-19)13(9-3-5-10(18)6-4-9)14(15(22)20-16)17(23)25-2/h3-6,13-14H,8H2,1-2H3,(H,20,22)/t13-,14-/m0/s1. The summed E-state index contributed by atoms with van der Waals surface area (Å²) in [5.41, 5.74) is 0.726. The SMILES string of the molecule is COC(=O)CSC1=C(C#N)[C@H](c2ccc(Cl)cc2)[C@H](C(=O)OC)C(=O)N1. The lowest BCUT2D eigenvalue weighted by atomic mass is 9.78. The second-order valence-electron chi connectivity index (χ2n) is 5.24. The summed E-state index contributed by atoms with van der Waals surface area (Å²) in [5, 5.41) is 12.9. The molecule has 0 aromatic heterocycles. The highest BCUT2D eigenvalue weighted by atomic mass is 35.5. The van der Waals surface area contributed by atoms with Gasteiger partial charge in [0.15, 0.2) is 0 Å². The predicted octanol–water partition coefficient (Wildman–Crippen LogP) is 1.98. The van der Waals surface area contributed by atoms with Crippen LogP contribution in [0.1, 0.15) is 11.5 Å². The van der Waals surface area contributed by atoms with E-state index in [0.29, 0.717) is 10.6 Å². The normalized spacial score (nSPS) is 19.4. The summed E-state index contributed by atoms with van der Waals surface area (Å²) < 4.78 is 9.31. The molecule has 1 aliphatic heterocycles. The molecule has 1 aromatic rings. The number of carbonyl (C=O) groups is 3. The fourth-order valence-corrected chi connectivity index (χ4v) is 3.55. The zero-order chi connectivity index (χ0) is 19.3. The lowest BCUT2D eigenvalue weighted by molar-refractivity contribution is -0.150. The maximum absolute atomic E-state index is 12.5. The van der Waals surface area contributed by atoms with Crippen molar-refractivity contribution in [2.45, 2.75) is 5.92 Å². The number of nitriles is 1. The summed E-state index contributed by atoms with van der Waals surface area (Å²) in [4.78, 5) is 36.1.